The molecule has 0 fully saturated rings. The van der Waals surface area contributed by atoms with Crippen LogP contribution in [-0.2, 0) is 0 Å². The van der Waals surface area contributed by atoms with Crippen LogP contribution in [0.2, 0.25) is 0 Å². The third-order valence-electron chi connectivity index (χ3n) is 2.01. The van der Waals surface area contributed by atoms with Crippen molar-refractivity contribution in [2.45, 2.75) is 6.92 Å². The van der Waals surface area contributed by atoms with E-state index in [2.05, 4.69) is 15.2 Å². The fourth-order valence-corrected chi connectivity index (χ4v) is 2.12. The first kappa shape index (κ1) is 10.6. The zero-order valence-electron chi connectivity index (χ0n) is 8.71. The second-order valence-corrected chi connectivity index (χ2v) is 4.20. The molecule has 0 spiro atoms. The van der Waals surface area contributed by atoms with E-state index in [0.29, 0.717) is 5.13 Å². The van der Waals surface area contributed by atoms with E-state index < -0.39 is 0 Å². The van der Waals surface area contributed by atoms with Gasteiger partial charge in [0.1, 0.15) is 5.01 Å². The largest absolute Gasteiger partial charge is 0.370 e. The van der Waals surface area contributed by atoms with Crippen LogP contribution in [0.4, 0.5) is 5.13 Å². The Bertz CT molecular complexity index is 528. The van der Waals surface area contributed by atoms with Gasteiger partial charge in [-0.15, -0.1) is 10.2 Å². The molecule has 6 heteroatoms. The highest BCUT2D eigenvalue weighted by molar-refractivity contribution is 7.18. The molecule has 82 valence electrons. The lowest BCUT2D eigenvalue weighted by molar-refractivity contribution is 1.08. The molecule has 2 aromatic rings. The average Bonchev–Trinajstić information content (AvgIpc) is 2.66. The summed E-state index contributed by atoms with van der Waals surface area (Å²) in [6, 6.07) is 7.97. The number of hydrogen-bond acceptors (Lipinski definition) is 4. The van der Waals surface area contributed by atoms with Crippen LogP contribution in [0.15, 0.2) is 29.3 Å². The van der Waals surface area contributed by atoms with E-state index in [1.165, 1.54) is 11.3 Å². The maximum Gasteiger partial charge on any atom is 0.235 e. The summed E-state index contributed by atoms with van der Waals surface area (Å²) in [5.41, 5.74) is 12.7. The van der Waals surface area contributed by atoms with E-state index in [1.807, 2.05) is 31.2 Å². The summed E-state index contributed by atoms with van der Waals surface area (Å²) in [5, 5.41) is 9.23. The lowest BCUT2D eigenvalue weighted by Gasteiger charge is -1.98. The molecule has 0 radical (unpaired) electrons. The van der Waals surface area contributed by atoms with Crippen molar-refractivity contribution in [3.05, 3.63) is 29.8 Å². The van der Waals surface area contributed by atoms with Gasteiger partial charge in [0.25, 0.3) is 0 Å². The van der Waals surface area contributed by atoms with Crippen LogP contribution in [0, 0.1) is 6.92 Å². The molecule has 0 saturated heterocycles. The van der Waals surface area contributed by atoms with Crippen LogP contribution >= 0.6 is 11.3 Å². The first-order chi connectivity index (χ1) is 7.66. The van der Waals surface area contributed by atoms with Crippen LogP contribution in [-0.4, -0.2) is 16.2 Å². The van der Waals surface area contributed by atoms with Gasteiger partial charge in [-0.1, -0.05) is 35.6 Å². The molecule has 1 aromatic carbocycles. The minimum Gasteiger partial charge on any atom is -0.370 e. The van der Waals surface area contributed by atoms with Crippen LogP contribution in [0.25, 0.3) is 10.6 Å². The van der Waals surface area contributed by atoms with Crippen LogP contribution < -0.4 is 11.5 Å². The molecule has 0 amide bonds. The van der Waals surface area contributed by atoms with Crippen LogP contribution in [0.5, 0.6) is 0 Å². The zero-order valence-corrected chi connectivity index (χ0v) is 9.53. The normalized spacial score (nSPS) is 10.1. The summed E-state index contributed by atoms with van der Waals surface area (Å²) in [7, 11) is 0. The van der Waals surface area contributed by atoms with Crippen molar-refractivity contribution in [2.75, 3.05) is 0 Å². The van der Waals surface area contributed by atoms with Gasteiger partial charge in [0, 0.05) is 5.56 Å². The summed E-state index contributed by atoms with van der Waals surface area (Å²) < 4.78 is 0. The summed E-state index contributed by atoms with van der Waals surface area (Å²) in [4.78, 5) is 3.85. The van der Waals surface area contributed by atoms with Gasteiger partial charge in [-0.3, -0.25) is 0 Å². The van der Waals surface area contributed by atoms with Crippen molar-refractivity contribution in [1.29, 1.82) is 0 Å². The topological polar surface area (TPSA) is 90.2 Å². The van der Waals surface area contributed by atoms with Gasteiger partial charge in [0.2, 0.25) is 5.13 Å². The molecule has 0 saturated carbocycles. The van der Waals surface area contributed by atoms with Gasteiger partial charge in [0.05, 0.1) is 0 Å². The Morgan fingerprint density at radius 1 is 1.25 bits per heavy atom. The molecule has 5 nitrogen and oxygen atoms in total. The predicted octanol–water partition coefficient (Wildman–Crippen LogP) is 1.42. The van der Waals surface area contributed by atoms with E-state index in [0.717, 1.165) is 16.1 Å². The average molecular weight is 233 g/mol. The Hall–Kier alpha value is -1.95. The Morgan fingerprint density at radius 2 is 2.00 bits per heavy atom. The van der Waals surface area contributed by atoms with E-state index in [1.54, 1.807) is 0 Å². The lowest BCUT2D eigenvalue weighted by atomic mass is 10.1. The number of aryl methyl sites for hydroxylation is 1. The highest BCUT2D eigenvalue weighted by Gasteiger charge is 2.07. The van der Waals surface area contributed by atoms with Gasteiger partial charge in [-0.2, -0.15) is 4.99 Å². The number of guanidine groups is 1. The molecule has 16 heavy (non-hydrogen) atoms. The molecule has 2 rings (SSSR count). The van der Waals surface area contributed by atoms with Gasteiger partial charge in [0.15, 0.2) is 5.96 Å². The standard InChI is InChI=1S/C10H11N5S/c1-6-4-2-3-5-7(6)8-14-15-10(16-8)13-9(11)12/h2-5H,1H3,(H4,11,12,13,15). The number of benzene rings is 1. The SMILES string of the molecule is Cc1ccccc1-c1nnc(N=C(N)N)s1. The van der Waals surface area contributed by atoms with Gasteiger partial charge in [-0.05, 0) is 12.5 Å². The molecule has 1 heterocycles. The monoisotopic (exact) mass is 233 g/mol. The zero-order chi connectivity index (χ0) is 11.5. The molecule has 4 N–H and O–H groups in total. The van der Waals surface area contributed by atoms with E-state index in [-0.39, 0.29) is 5.96 Å². The molecular weight excluding hydrogens is 222 g/mol. The van der Waals surface area contributed by atoms with Crippen molar-refractivity contribution in [3.8, 4) is 10.6 Å². The minimum atomic E-state index is -0.00696. The lowest BCUT2D eigenvalue weighted by Crippen LogP contribution is -2.21. The summed E-state index contributed by atoms with van der Waals surface area (Å²) >= 11 is 1.36. The van der Waals surface area contributed by atoms with Gasteiger partial charge in [-0.25, -0.2) is 0 Å². The highest BCUT2D eigenvalue weighted by Crippen LogP contribution is 2.29. The van der Waals surface area contributed by atoms with Gasteiger partial charge < -0.3 is 11.5 Å². The fourth-order valence-electron chi connectivity index (χ4n) is 1.29. The number of rotatable bonds is 2. The molecule has 0 aliphatic carbocycles. The number of nitrogens with two attached hydrogens (primary N) is 2. The second kappa shape index (κ2) is 4.28. The van der Waals surface area contributed by atoms with Crippen molar-refractivity contribution in [1.82, 2.24) is 10.2 Å². The maximum atomic E-state index is 5.27. The summed E-state index contributed by atoms with van der Waals surface area (Å²) in [6.07, 6.45) is 0. The molecule has 0 atom stereocenters. The van der Waals surface area contributed by atoms with Crippen LogP contribution in [0.3, 0.4) is 0 Å². The first-order valence-corrected chi connectivity index (χ1v) is 5.47. The molecular formula is C10H11N5S. The number of hydrogen-bond donors (Lipinski definition) is 2. The molecule has 0 unspecified atom stereocenters. The van der Waals surface area contributed by atoms with E-state index in [4.69, 9.17) is 11.5 Å². The van der Waals surface area contributed by atoms with E-state index >= 15 is 0 Å². The Kier molecular flexibility index (Phi) is 2.82. The quantitative estimate of drug-likeness (QED) is 0.606. The molecule has 0 aliphatic heterocycles. The highest BCUT2D eigenvalue weighted by atomic mass is 32.1. The minimum absolute atomic E-state index is 0.00696. The third kappa shape index (κ3) is 2.17. The first-order valence-electron chi connectivity index (χ1n) is 4.66. The van der Waals surface area contributed by atoms with Crippen molar-refractivity contribution in [2.24, 2.45) is 16.5 Å². The number of nitrogens with zero attached hydrogens (tertiary/aromatic N) is 3. The van der Waals surface area contributed by atoms with E-state index in [9.17, 15) is 0 Å². The predicted molar refractivity (Wildman–Crippen MR) is 65.6 cm³/mol. The van der Waals surface area contributed by atoms with Crippen LogP contribution in [0.1, 0.15) is 5.56 Å². The Morgan fingerprint density at radius 3 is 2.69 bits per heavy atom. The Balaban J connectivity index is 2.39. The number of aromatic nitrogens is 2. The third-order valence-corrected chi connectivity index (χ3v) is 2.86. The van der Waals surface area contributed by atoms with Crippen molar-refractivity contribution in [3.63, 3.8) is 0 Å². The molecule has 0 bridgehead atoms. The summed E-state index contributed by atoms with van der Waals surface area (Å²) in [6.45, 7) is 2.02. The second-order valence-electron chi connectivity index (χ2n) is 3.24. The molecule has 1 aromatic heterocycles. The van der Waals surface area contributed by atoms with Crippen molar-refractivity contribution >= 4 is 22.4 Å². The fraction of sp³-hybridized carbons (Fsp3) is 0.100. The smallest absolute Gasteiger partial charge is 0.235 e. The maximum absolute atomic E-state index is 5.27. The Labute approximate surface area is 96.8 Å². The number of aliphatic imine (C=N–C) groups is 1. The van der Waals surface area contributed by atoms with Crippen molar-refractivity contribution < 1.29 is 0 Å². The molecule has 0 aliphatic rings. The van der Waals surface area contributed by atoms with Gasteiger partial charge >= 0.3 is 0 Å². The summed E-state index contributed by atoms with van der Waals surface area (Å²) in [5.74, 6) is -0.00696.